The molecular formula is C23H22FNO. The highest BCUT2D eigenvalue weighted by atomic mass is 19.1. The molecule has 0 radical (unpaired) electrons. The van der Waals surface area contributed by atoms with Gasteiger partial charge in [-0.2, -0.15) is 0 Å². The second-order valence-corrected chi connectivity index (χ2v) is 7.14. The molecule has 0 aliphatic carbocycles. The Bertz CT molecular complexity index is 820. The molecule has 1 aliphatic rings. The smallest absolute Gasteiger partial charge is 0.131 e. The minimum atomic E-state index is -0.310. The maximum atomic E-state index is 13.4. The van der Waals surface area contributed by atoms with Crippen LogP contribution in [0.15, 0.2) is 84.9 Å². The van der Waals surface area contributed by atoms with Crippen molar-refractivity contribution in [3.05, 3.63) is 102 Å². The van der Waals surface area contributed by atoms with Crippen molar-refractivity contribution in [1.29, 1.82) is 0 Å². The van der Waals surface area contributed by atoms with E-state index in [1.54, 1.807) is 6.07 Å². The highest BCUT2D eigenvalue weighted by Crippen LogP contribution is 2.37. The van der Waals surface area contributed by atoms with E-state index in [4.69, 9.17) is 4.74 Å². The Balaban J connectivity index is 1.54. The molecule has 1 fully saturated rings. The molecule has 0 amide bonds. The van der Waals surface area contributed by atoms with Gasteiger partial charge in [0.2, 0.25) is 0 Å². The summed E-state index contributed by atoms with van der Waals surface area (Å²) in [7, 11) is 0. The Labute approximate surface area is 153 Å². The van der Waals surface area contributed by atoms with Crippen LogP contribution in [0.4, 0.5) is 4.39 Å². The number of ether oxygens (including phenoxy) is 1. The molecule has 1 aliphatic heterocycles. The van der Waals surface area contributed by atoms with Gasteiger partial charge in [0.25, 0.3) is 0 Å². The van der Waals surface area contributed by atoms with Crippen molar-refractivity contribution in [3.63, 3.8) is 0 Å². The second kappa shape index (κ2) is 6.93. The van der Waals surface area contributed by atoms with Gasteiger partial charge in [0.1, 0.15) is 17.2 Å². The van der Waals surface area contributed by atoms with Crippen LogP contribution in [-0.2, 0) is 0 Å². The molecule has 0 atom stereocenters. The van der Waals surface area contributed by atoms with Gasteiger partial charge in [0, 0.05) is 19.2 Å². The van der Waals surface area contributed by atoms with Gasteiger partial charge in [-0.3, -0.25) is 4.90 Å². The van der Waals surface area contributed by atoms with E-state index in [0.717, 1.165) is 13.1 Å². The molecular weight excluding hydrogens is 325 g/mol. The minimum absolute atomic E-state index is 0.196. The summed E-state index contributed by atoms with van der Waals surface area (Å²) in [6, 6.07) is 27.6. The van der Waals surface area contributed by atoms with Crippen molar-refractivity contribution in [2.24, 2.45) is 0 Å². The minimum Gasteiger partial charge on any atom is -0.485 e. The lowest BCUT2D eigenvalue weighted by molar-refractivity contribution is -0.0778. The summed E-state index contributed by atoms with van der Waals surface area (Å²) in [4.78, 5) is 2.41. The third-order valence-corrected chi connectivity index (χ3v) is 4.83. The topological polar surface area (TPSA) is 12.5 Å². The molecule has 0 saturated carbocycles. The molecule has 132 valence electrons. The summed E-state index contributed by atoms with van der Waals surface area (Å²) in [6.07, 6.45) is 0. The van der Waals surface area contributed by atoms with Crippen molar-refractivity contribution in [3.8, 4) is 5.75 Å². The first-order valence-electron chi connectivity index (χ1n) is 8.92. The quantitative estimate of drug-likeness (QED) is 0.639. The summed E-state index contributed by atoms with van der Waals surface area (Å²) in [5.41, 5.74) is 2.23. The SMILES string of the molecule is CC1(Oc2cccc(F)c2)CN(C(c2ccccc2)c2ccccc2)C1. The van der Waals surface area contributed by atoms with E-state index in [1.807, 2.05) is 18.2 Å². The molecule has 0 spiro atoms. The first-order chi connectivity index (χ1) is 12.6. The van der Waals surface area contributed by atoms with Gasteiger partial charge in [0.15, 0.2) is 0 Å². The third-order valence-electron chi connectivity index (χ3n) is 4.83. The normalized spacial score (nSPS) is 16.3. The monoisotopic (exact) mass is 347 g/mol. The molecule has 4 rings (SSSR count). The summed E-state index contributed by atoms with van der Waals surface area (Å²) in [5, 5.41) is 0. The number of halogens is 1. The van der Waals surface area contributed by atoms with Crippen molar-refractivity contribution >= 4 is 0 Å². The van der Waals surface area contributed by atoms with Crippen LogP contribution >= 0.6 is 0 Å². The lowest BCUT2D eigenvalue weighted by Crippen LogP contribution is -2.63. The molecule has 1 saturated heterocycles. The van der Waals surface area contributed by atoms with E-state index in [-0.39, 0.29) is 17.5 Å². The van der Waals surface area contributed by atoms with Crippen molar-refractivity contribution in [2.45, 2.75) is 18.6 Å². The fraction of sp³-hybridized carbons (Fsp3) is 0.217. The molecule has 3 aromatic carbocycles. The van der Waals surface area contributed by atoms with Gasteiger partial charge in [-0.1, -0.05) is 66.7 Å². The molecule has 26 heavy (non-hydrogen) atoms. The molecule has 2 nitrogen and oxygen atoms in total. The van der Waals surface area contributed by atoms with Gasteiger partial charge in [0.05, 0.1) is 6.04 Å². The van der Waals surface area contributed by atoms with Crippen LogP contribution in [-0.4, -0.2) is 23.6 Å². The lowest BCUT2D eigenvalue weighted by Gasteiger charge is -2.51. The molecule has 0 bridgehead atoms. The number of rotatable bonds is 5. The van der Waals surface area contributed by atoms with Crippen LogP contribution in [0.25, 0.3) is 0 Å². The Kier molecular flexibility index (Phi) is 4.48. The van der Waals surface area contributed by atoms with E-state index in [9.17, 15) is 4.39 Å². The Morgan fingerprint density at radius 1 is 0.846 bits per heavy atom. The number of nitrogens with zero attached hydrogens (tertiary/aromatic N) is 1. The van der Waals surface area contributed by atoms with Gasteiger partial charge >= 0.3 is 0 Å². The maximum Gasteiger partial charge on any atom is 0.131 e. The molecule has 1 heterocycles. The van der Waals surface area contributed by atoms with Gasteiger partial charge in [-0.25, -0.2) is 4.39 Å². The third kappa shape index (κ3) is 3.49. The summed E-state index contributed by atoms with van der Waals surface area (Å²) < 4.78 is 19.5. The molecule has 0 unspecified atom stereocenters. The highest BCUT2D eigenvalue weighted by Gasteiger charge is 2.44. The van der Waals surface area contributed by atoms with Gasteiger partial charge in [-0.05, 0) is 30.2 Å². The van der Waals surface area contributed by atoms with Crippen molar-refractivity contribution < 1.29 is 9.13 Å². The average molecular weight is 347 g/mol. The van der Waals surface area contributed by atoms with Crippen LogP contribution in [0.1, 0.15) is 24.1 Å². The molecule has 0 N–H and O–H groups in total. The number of hydrogen-bond acceptors (Lipinski definition) is 2. The van der Waals surface area contributed by atoms with Crippen LogP contribution in [0.5, 0.6) is 5.75 Å². The zero-order valence-corrected chi connectivity index (χ0v) is 14.8. The van der Waals surface area contributed by atoms with E-state index < -0.39 is 0 Å². The average Bonchev–Trinajstić information content (AvgIpc) is 2.62. The standard InChI is InChI=1S/C23H22FNO/c1-23(26-21-14-8-13-20(24)15-21)16-25(17-23)22(18-9-4-2-5-10-18)19-11-6-3-7-12-19/h2-15,22H,16-17H2,1H3. The van der Waals surface area contributed by atoms with E-state index >= 15 is 0 Å². The first-order valence-corrected chi connectivity index (χ1v) is 8.92. The Morgan fingerprint density at radius 3 is 1.96 bits per heavy atom. The Morgan fingerprint density at radius 2 is 1.42 bits per heavy atom. The zero-order valence-electron chi connectivity index (χ0n) is 14.8. The Hall–Kier alpha value is -2.65. The van der Waals surface area contributed by atoms with Crippen molar-refractivity contribution in [1.82, 2.24) is 4.90 Å². The van der Waals surface area contributed by atoms with Gasteiger partial charge < -0.3 is 4.74 Å². The van der Waals surface area contributed by atoms with E-state index in [2.05, 4.69) is 60.4 Å². The summed E-state index contributed by atoms with van der Waals surface area (Å²) in [5.74, 6) is 0.317. The zero-order chi connectivity index (χ0) is 18.0. The second-order valence-electron chi connectivity index (χ2n) is 7.14. The van der Waals surface area contributed by atoms with Crippen LogP contribution in [0.2, 0.25) is 0 Å². The molecule has 3 aromatic rings. The van der Waals surface area contributed by atoms with Crippen LogP contribution < -0.4 is 4.74 Å². The number of hydrogen-bond donors (Lipinski definition) is 0. The lowest BCUT2D eigenvalue weighted by atomic mass is 9.88. The highest BCUT2D eigenvalue weighted by molar-refractivity contribution is 5.33. The fourth-order valence-electron chi connectivity index (χ4n) is 3.76. The number of likely N-dealkylation sites (tertiary alicyclic amines) is 1. The van der Waals surface area contributed by atoms with Crippen molar-refractivity contribution in [2.75, 3.05) is 13.1 Å². The maximum absolute atomic E-state index is 13.4. The summed E-state index contributed by atoms with van der Waals surface area (Å²) in [6.45, 7) is 3.66. The summed E-state index contributed by atoms with van der Waals surface area (Å²) >= 11 is 0. The number of benzene rings is 3. The largest absolute Gasteiger partial charge is 0.485 e. The predicted molar refractivity (Wildman–Crippen MR) is 102 cm³/mol. The van der Waals surface area contributed by atoms with Gasteiger partial charge in [-0.15, -0.1) is 0 Å². The molecule has 0 aromatic heterocycles. The van der Waals surface area contributed by atoms with E-state index in [0.29, 0.717) is 5.75 Å². The van der Waals surface area contributed by atoms with E-state index in [1.165, 1.54) is 23.3 Å². The first kappa shape index (κ1) is 16.8. The fourth-order valence-corrected chi connectivity index (χ4v) is 3.76. The molecule has 3 heteroatoms. The van der Waals surface area contributed by atoms with Crippen LogP contribution in [0, 0.1) is 5.82 Å². The van der Waals surface area contributed by atoms with Crippen LogP contribution in [0.3, 0.4) is 0 Å². The predicted octanol–water partition coefficient (Wildman–Crippen LogP) is 5.07.